The van der Waals surface area contributed by atoms with Crippen LogP contribution in [-0.4, -0.2) is 15.1 Å². The molecule has 1 aliphatic rings. The van der Waals surface area contributed by atoms with E-state index in [0.717, 1.165) is 23.6 Å². The molecule has 0 spiro atoms. The van der Waals surface area contributed by atoms with Crippen molar-refractivity contribution in [2.24, 2.45) is 5.41 Å². The number of aromatic nitrogens is 2. The van der Waals surface area contributed by atoms with Gasteiger partial charge in [-0.05, 0) is 24.8 Å². The van der Waals surface area contributed by atoms with Gasteiger partial charge in [0.2, 0.25) is 0 Å². The summed E-state index contributed by atoms with van der Waals surface area (Å²) in [7, 11) is 0. The van der Waals surface area contributed by atoms with Crippen LogP contribution in [-0.2, 0) is 6.61 Å². The zero-order chi connectivity index (χ0) is 10.3. The summed E-state index contributed by atoms with van der Waals surface area (Å²) in [6.07, 6.45) is 1.15. The maximum Gasteiger partial charge on any atom is 0.132 e. The third-order valence-electron chi connectivity index (χ3n) is 2.91. The number of hydrogen-bond acceptors (Lipinski definition) is 3. The van der Waals surface area contributed by atoms with Crippen LogP contribution in [0.2, 0.25) is 0 Å². The second kappa shape index (κ2) is 3.02. The van der Waals surface area contributed by atoms with Crippen LogP contribution in [0.3, 0.4) is 0 Å². The fourth-order valence-corrected chi connectivity index (χ4v) is 1.80. The predicted molar refractivity (Wildman–Crippen MR) is 53.8 cm³/mol. The smallest absolute Gasteiger partial charge is 0.132 e. The van der Waals surface area contributed by atoms with Gasteiger partial charge in [-0.25, -0.2) is 9.97 Å². The lowest BCUT2D eigenvalue weighted by atomic mass is 10.1. The van der Waals surface area contributed by atoms with Gasteiger partial charge in [-0.15, -0.1) is 0 Å². The Morgan fingerprint density at radius 2 is 2.14 bits per heavy atom. The molecule has 2 rings (SSSR count). The Morgan fingerprint density at radius 3 is 2.64 bits per heavy atom. The van der Waals surface area contributed by atoms with Gasteiger partial charge in [0.25, 0.3) is 0 Å². The zero-order valence-corrected chi connectivity index (χ0v) is 8.91. The Morgan fingerprint density at radius 1 is 1.50 bits per heavy atom. The van der Waals surface area contributed by atoms with Crippen LogP contribution in [0.4, 0.5) is 0 Å². The molecule has 0 amide bonds. The molecule has 76 valence electrons. The highest BCUT2D eigenvalue weighted by atomic mass is 16.3. The van der Waals surface area contributed by atoms with Crippen LogP contribution in [0.1, 0.15) is 43.4 Å². The molecule has 1 aliphatic carbocycles. The normalized spacial score (nSPS) is 23.6. The Bertz CT molecular complexity index is 360. The van der Waals surface area contributed by atoms with Crippen molar-refractivity contribution in [2.45, 2.75) is 39.7 Å². The maximum absolute atomic E-state index is 9.03. The van der Waals surface area contributed by atoms with E-state index in [2.05, 4.69) is 23.8 Å². The lowest BCUT2D eigenvalue weighted by Crippen LogP contribution is -2.02. The summed E-state index contributed by atoms with van der Waals surface area (Å²) < 4.78 is 0. The first-order chi connectivity index (χ1) is 6.53. The Balaban J connectivity index is 2.31. The molecule has 3 heteroatoms. The topological polar surface area (TPSA) is 46.0 Å². The first-order valence-corrected chi connectivity index (χ1v) is 4.98. The number of rotatable bonds is 2. The van der Waals surface area contributed by atoms with Gasteiger partial charge < -0.3 is 5.11 Å². The van der Waals surface area contributed by atoms with Crippen molar-refractivity contribution in [2.75, 3.05) is 0 Å². The molecule has 0 aromatic carbocycles. The minimum absolute atomic E-state index is 0.00348. The molecule has 0 aliphatic heterocycles. The van der Waals surface area contributed by atoms with Crippen molar-refractivity contribution < 1.29 is 5.11 Å². The van der Waals surface area contributed by atoms with Gasteiger partial charge in [-0.3, -0.25) is 0 Å². The number of hydrogen-bond donors (Lipinski definition) is 1. The molecule has 3 nitrogen and oxygen atoms in total. The second-order valence-electron chi connectivity index (χ2n) is 4.76. The molecule has 1 aromatic heterocycles. The lowest BCUT2D eigenvalue weighted by molar-refractivity contribution is 0.276. The molecule has 1 heterocycles. The Labute approximate surface area is 84.2 Å². The molecule has 1 unspecified atom stereocenters. The summed E-state index contributed by atoms with van der Waals surface area (Å²) in [5, 5.41) is 9.03. The van der Waals surface area contributed by atoms with Crippen LogP contribution >= 0.6 is 0 Å². The van der Waals surface area contributed by atoms with E-state index in [9.17, 15) is 0 Å². The molecule has 1 N–H and O–H groups in total. The van der Waals surface area contributed by atoms with Gasteiger partial charge in [0.1, 0.15) is 5.82 Å². The molecule has 1 saturated carbocycles. The first kappa shape index (κ1) is 9.59. The molecular weight excluding hydrogens is 176 g/mol. The highest BCUT2D eigenvalue weighted by molar-refractivity contribution is 5.19. The standard InChI is InChI=1S/C11H16N2O/c1-7-4-8(6-14)13-10(12-7)9-5-11(9,2)3/h4,9,14H,5-6H2,1-3H3. The van der Waals surface area contributed by atoms with E-state index in [1.807, 2.05) is 13.0 Å². The molecule has 1 fully saturated rings. The van der Waals surface area contributed by atoms with Crippen LogP contribution < -0.4 is 0 Å². The van der Waals surface area contributed by atoms with Crippen molar-refractivity contribution >= 4 is 0 Å². The number of aliphatic hydroxyl groups is 1. The lowest BCUT2D eigenvalue weighted by Gasteiger charge is -2.05. The average molecular weight is 192 g/mol. The number of nitrogens with zero attached hydrogens (tertiary/aromatic N) is 2. The van der Waals surface area contributed by atoms with Gasteiger partial charge in [0.15, 0.2) is 0 Å². The van der Waals surface area contributed by atoms with Gasteiger partial charge in [0.05, 0.1) is 12.3 Å². The van der Waals surface area contributed by atoms with Crippen molar-refractivity contribution in [3.63, 3.8) is 0 Å². The maximum atomic E-state index is 9.03. The third-order valence-corrected chi connectivity index (χ3v) is 2.91. The summed E-state index contributed by atoms with van der Waals surface area (Å²) in [6, 6.07) is 1.83. The van der Waals surface area contributed by atoms with Gasteiger partial charge in [-0.1, -0.05) is 13.8 Å². The highest BCUT2D eigenvalue weighted by Gasteiger charge is 2.48. The van der Waals surface area contributed by atoms with Crippen LogP contribution in [0, 0.1) is 12.3 Å². The van der Waals surface area contributed by atoms with Crippen molar-refractivity contribution in [3.8, 4) is 0 Å². The van der Waals surface area contributed by atoms with Crippen LogP contribution in [0.5, 0.6) is 0 Å². The second-order valence-corrected chi connectivity index (χ2v) is 4.76. The molecule has 1 aromatic rings. The number of aryl methyl sites for hydroxylation is 1. The van der Waals surface area contributed by atoms with E-state index < -0.39 is 0 Å². The van der Waals surface area contributed by atoms with Crippen LogP contribution in [0.15, 0.2) is 6.07 Å². The van der Waals surface area contributed by atoms with Crippen molar-refractivity contribution in [1.82, 2.24) is 9.97 Å². The summed E-state index contributed by atoms with van der Waals surface area (Å²) in [6.45, 7) is 6.40. The van der Waals surface area contributed by atoms with Gasteiger partial charge >= 0.3 is 0 Å². The third kappa shape index (κ3) is 1.64. The fraction of sp³-hybridized carbons (Fsp3) is 0.636. The van der Waals surface area contributed by atoms with Gasteiger partial charge in [-0.2, -0.15) is 0 Å². The minimum atomic E-state index is 0.00348. The summed E-state index contributed by atoms with van der Waals surface area (Å²) >= 11 is 0. The largest absolute Gasteiger partial charge is 0.390 e. The summed E-state index contributed by atoms with van der Waals surface area (Å²) in [4.78, 5) is 8.77. The van der Waals surface area contributed by atoms with E-state index in [1.54, 1.807) is 0 Å². The molecule has 1 atom stereocenters. The molecule has 14 heavy (non-hydrogen) atoms. The predicted octanol–water partition coefficient (Wildman–Crippen LogP) is 1.79. The van der Waals surface area contributed by atoms with E-state index in [1.165, 1.54) is 0 Å². The van der Waals surface area contributed by atoms with E-state index in [4.69, 9.17) is 5.11 Å². The van der Waals surface area contributed by atoms with Gasteiger partial charge in [0, 0.05) is 11.6 Å². The Hall–Kier alpha value is -0.960. The van der Waals surface area contributed by atoms with E-state index in [0.29, 0.717) is 11.3 Å². The molecule has 0 radical (unpaired) electrons. The minimum Gasteiger partial charge on any atom is -0.390 e. The monoisotopic (exact) mass is 192 g/mol. The van der Waals surface area contributed by atoms with Crippen molar-refractivity contribution in [3.05, 3.63) is 23.3 Å². The molecule has 0 saturated heterocycles. The summed E-state index contributed by atoms with van der Waals surface area (Å²) in [5.41, 5.74) is 2.03. The summed E-state index contributed by atoms with van der Waals surface area (Å²) in [5.74, 6) is 1.38. The zero-order valence-electron chi connectivity index (χ0n) is 8.91. The fourth-order valence-electron chi connectivity index (χ4n) is 1.80. The quantitative estimate of drug-likeness (QED) is 0.777. The van der Waals surface area contributed by atoms with Crippen molar-refractivity contribution in [1.29, 1.82) is 0 Å². The molecule has 0 bridgehead atoms. The number of aliphatic hydroxyl groups excluding tert-OH is 1. The van der Waals surface area contributed by atoms with E-state index in [-0.39, 0.29) is 6.61 Å². The van der Waals surface area contributed by atoms with E-state index >= 15 is 0 Å². The highest BCUT2D eigenvalue weighted by Crippen LogP contribution is 2.57. The Kier molecular flexibility index (Phi) is 2.07. The average Bonchev–Trinajstić information content (AvgIpc) is 2.74. The first-order valence-electron chi connectivity index (χ1n) is 4.98. The molecular formula is C11H16N2O. The van der Waals surface area contributed by atoms with Crippen LogP contribution in [0.25, 0.3) is 0 Å². The SMILES string of the molecule is Cc1cc(CO)nc(C2CC2(C)C)n1.